The van der Waals surface area contributed by atoms with Crippen molar-refractivity contribution in [1.82, 2.24) is 5.32 Å². The van der Waals surface area contributed by atoms with Crippen molar-refractivity contribution in [1.29, 1.82) is 0 Å². The average Bonchev–Trinajstić information content (AvgIpc) is 2.32. The van der Waals surface area contributed by atoms with Crippen LogP contribution >= 0.6 is 30.8 Å². The molecule has 0 bridgehead atoms. The lowest BCUT2D eigenvalue weighted by Gasteiger charge is -2.24. The van der Waals surface area contributed by atoms with Gasteiger partial charge in [0.2, 0.25) is 5.78 Å². The highest BCUT2D eigenvalue weighted by Crippen LogP contribution is 2.51. The maximum Gasteiger partial charge on any atom is 0.363 e. The van der Waals surface area contributed by atoms with Crippen LogP contribution in [0.2, 0.25) is 0 Å². The highest BCUT2D eigenvalue weighted by Gasteiger charge is 2.44. The fraction of sp³-hybridized carbons (Fsp3) is 0.750. The van der Waals surface area contributed by atoms with Crippen molar-refractivity contribution in [2.75, 3.05) is 21.3 Å². The molecule has 0 saturated carbocycles. The number of esters is 1. The van der Waals surface area contributed by atoms with Gasteiger partial charge in [0.25, 0.3) is 5.91 Å². The highest BCUT2D eigenvalue weighted by atomic mass is 35.5. The molecule has 0 spiro atoms. The summed E-state index contributed by atoms with van der Waals surface area (Å²) in [4.78, 5) is 23.0. The molecule has 106 valence electrons. The summed E-state index contributed by atoms with van der Waals surface area (Å²) in [5.74, 6) is -3.59. The fourth-order valence-electron chi connectivity index (χ4n) is 0.915. The topological polar surface area (TPSA) is 90.9 Å². The third kappa shape index (κ3) is 4.40. The van der Waals surface area contributed by atoms with Crippen LogP contribution in [0.25, 0.3) is 0 Å². The van der Waals surface area contributed by atoms with E-state index in [0.29, 0.717) is 0 Å². The summed E-state index contributed by atoms with van der Waals surface area (Å²) < 4.78 is 23.9. The molecular weight excluding hydrogens is 308 g/mol. The van der Waals surface area contributed by atoms with Gasteiger partial charge in [-0.15, -0.1) is 0 Å². The molecule has 0 aromatic carbocycles. The molecule has 0 aliphatic heterocycles. The molecule has 0 aliphatic carbocycles. The Morgan fingerprint density at radius 2 is 1.67 bits per heavy atom. The van der Waals surface area contributed by atoms with Gasteiger partial charge in [0.15, 0.2) is 4.33 Å². The number of carbonyl (C=O) groups excluding carboxylic acids is 2. The minimum atomic E-state index is -3.91. The van der Waals surface area contributed by atoms with Crippen molar-refractivity contribution in [3.63, 3.8) is 0 Å². The Bertz CT molecular complexity index is 361. The van der Waals surface area contributed by atoms with Crippen LogP contribution in [0.1, 0.15) is 6.92 Å². The van der Waals surface area contributed by atoms with E-state index in [0.717, 1.165) is 21.3 Å². The Labute approximate surface area is 115 Å². The van der Waals surface area contributed by atoms with Gasteiger partial charge >= 0.3 is 13.6 Å². The first kappa shape index (κ1) is 17.7. The summed E-state index contributed by atoms with van der Waals surface area (Å²) in [6, 6.07) is 0. The van der Waals surface area contributed by atoms with Crippen molar-refractivity contribution in [2.45, 2.75) is 17.0 Å². The number of rotatable bonds is 6. The summed E-state index contributed by atoms with van der Waals surface area (Å²) in [6.07, 6.45) is 0. The van der Waals surface area contributed by atoms with Crippen LogP contribution in [0.15, 0.2) is 0 Å². The molecule has 10 heteroatoms. The third-order valence-electron chi connectivity index (χ3n) is 1.92. The predicted molar refractivity (Wildman–Crippen MR) is 65.7 cm³/mol. The first-order chi connectivity index (χ1) is 8.12. The third-order valence-corrected chi connectivity index (χ3v) is 4.25. The van der Waals surface area contributed by atoms with Gasteiger partial charge in [0.05, 0.1) is 7.11 Å². The molecule has 0 aliphatic rings. The minimum Gasteiger partial charge on any atom is -0.467 e. The number of halogens is 2. The number of nitrogens with one attached hydrogen (secondary N) is 1. The molecule has 18 heavy (non-hydrogen) atoms. The number of amides is 1. The average molecular weight is 322 g/mol. The first-order valence-corrected chi connectivity index (χ1v) is 6.97. The van der Waals surface area contributed by atoms with Gasteiger partial charge in [-0.05, 0) is 6.92 Å². The largest absolute Gasteiger partial charge is 0.467 e. The minimum absolute atomic E-state index is 0.935. The zero-order valence-electron chi connectivity index (χ0n) is 10.2. The normalized spacial score (nSPS) is 13.9. The number of methoxy groups -OCH3 is 1. The molecule has 0 saturated heterocycles. The van der Waals surface area contributed by atoms with E-state index in [2.05, 4.69) is 19.1 Å². The second-order valence-corrected chi connectivity index (χ2v) is 7.22. The van der Waals surface area contributed by atoms with Crippen molar-refractivity contribution >= 4 is 42.7 Å². The van der Waals surface area contributed by atoms with Crippen LogP contribution in [0.4, 0.5) is 0 Å². The van der Waals surface area contributed by atoms with E-state index in [4.69, 9.17) is 23.2 Å². The quantitative estimate of drug-likeness (QED) is 0.450. The molecular formula is C8H14Cl2NO6P. The summed E-state index contributed by atoms with van der Waals surface area (Å²) in [6.45, 7) is 1.18. The Balaban J connectivity index is 5.22. The van der Waals surface area contributed by atoms with E-state index in [9.17, 15) is 14.2 Å². The Hall–Kier alpha value is -0.330. The Morgan fingerprint density at radius 3 is 1.94 bits per heavy atom. The van der Waals surface area contributed by atoms with Crippen LogP contribution in [-0.4, -0.2) is 43.3 Å². The van der Waals surface area contributed by atoms with Crippen LogP contribution in [0, 0.1) is 0 Å². The summed E-state index contributed by atoms with van der Waals surface area (Å²) in [7, 11) is -0.733. The van der Waals surface area contributed by atoms with Crippen molar-refractivity contribution in [2.24, 2.45) is 0 Å². The number of carbonyl (C=O) groups is 2. The fourth-order valence-corrected chi connectivity index (χ4v) is 2.23. The molecule has 0 heterocycles. The van der Waals surface area contributed by atoms with E-state index in [-0.39, 0.29) is 0 Å². The Kier molecular flexibility index (Phi) is 6.60. The lowest BCUT2D eigenvalue weighted by Crippen LogP contribution is -2.47. The second kappa shape index (κ2) is 6.73. The van der Waals surface area contributed by atoms with Gasteiger partial charge in [0.1, 0.15) is 0 Å². The molecule has 0 aromatic heterocycles. The summed E-state index contributed by atoms with van der Waals surface area (Å²) in [5.41, 5.74) is 0. The molecule has 0 radical (unpaired) electrons. The lowest BCUT2D eigenvalue weighted by molar-refractivity contribution is -0.143. The Morgan fingerprint density at radius 1 is 1.22 bits per heavy atom. The monoisotopic (exact) mass is 321 g/mol. The van der Waals surface area contributed by atoms with Crippen molar-refractivity contribution < 1.29 is 27.9 Å². The maximum atomic E-state index is 12.1. The van der Waals surface area contributed by atoms with E-state index in [1.165, 1.54) is 6.92 Å². The zero-order valence-corrected chi connectivity index (χ0v) is 12.6. The number of ether oxygens (including phenoxy) is 1. The van der Waals surface area contributed by atoms with Crippen LogP contribution in [0.5, 0.6) is 0 Å². The van der Waals surface area contributed by atoms with Crippen molar-refractivity contribution in [3.8, 4) is 0 Å². The summed E-state index contributed by atoms with van der Waals surface area (Å²) in [5, 5.41) is 2.06. The molecule has 1 amide bonds. The van der Waals surface area contributed by atoms with Gasteiger partial charge in [-0.2, -0.15) is 0 Å². The number of alkyl halides is 2. The van der Waals surface area contributed by atoms with Crippen LogP contribution in [-0.2, 0) is 27.9 Å². The SMILES string of the molecule is COC(=O)C(NC(=O)C(C)(Cl)Cl)P(=O)(OC)OC. The van der Waals surface area contributed by atoms with Gasteiger partial charge in [-0.1, -0.05) is 23.2 Å². The summed E-state index contributed by atoms with van der Waals surface area (Å²) >= 11 is 11.1. The van der Waals surface area contributed by atoms with Crippen molar-refractivity contribution in [3.05, 3.63) is 0 Å². The van der Waals surface area contributed by atoms with Gasteiger partial charge < -0.3 is 19.1 Å². The zero-order chi connectivity index (χ0) is 14.6. The lowest BCUT2D eigenvalue weighted by atomic mass is 10.4. The molecule has 0 rings (SSSR count). The molecule has 7 nitrogen and oxygen atoms in total. The second-order valence-electron chi connectivity index (χ2n) is 3.19. The van der Waals surface area contributed by atoms with Crippen LogP contribution < -0.4 is 5.32 Å². The molecule has 1 atom stereocenters. The number of hydrogen-bond donors (Lipinski definition) is 1. The van der Waals surface area contributed by atoms with Crippen LogP contribution in [0.3, 0.4) is 0 Å². The van der Waals surface area contributed by atoms with E-state index in [1.807, 2.05) is 0 Å². The molecule has 1 N–H and O–H groups in total. The van der Waals surface area contributed by atoms with E-state index >= 15 is 0 Å². The molecule has 0 aromatic rings. The van der Waals surface area contributed by atoms with E-state index in [1.54, 1.807) is 0 Å². The smallest absolute Gasteiger partial charge is 0.363 e. The maximum absolute atomic E-state index is 12.1. The molecule has 0 fully saturated rings. The predicted octanol–water partition coefficient (Wildman–Crippen LogP) is 1.28. The highest BCUT2D eigenvalue weighted by molar-refractivity contribution is 7.55. The van der Waals surface area contributed by atoms with Gasteiger partial charge in [-0.3, -0.25) is 9.36 Å². The van der Waals surface area contributed by atoms with E-state index < -0.39 is 29.6 Å². The number of hydrogen-bond acceptors (Lipinski definition) is 6. The van der Waals surface area contributed by atoms with Gasteiger partial charge in [0, 0.05) is 14.2 Å². The molecule has 1 unspecified atom stereocenters. The first-order valence-electron chi connectivity index (χ1n) is 4.60. The standard InChI is InChI=1S/C8H14Cl2NO6P/c1-8(9,10)7(13)11-5(6(12)15-2)18(14,16-3)17-4/h5H,1-4H3,(H,11,13). The van der Waals surface area contributed by atoms with Gasteiger partial charge in [-0.25, -0.2) is 4.79 Å².